The molecule has 2 aromatic heterocycles. The van der Waals surface area contributed by atoms with E-state index >= 15 is 0 Å². The predicted octanol–water partition coefficient (Wildman–Crippen LogP) is 6.36. The molecule has 3 aromatic rings. The van der Waals surface area contributed by atoms with Gasteiger partial charge in [-0.3, -0.25) is 4.57 Å². The van der Waals surface area contributed by atoms with Crippen molar-refractivity contribution in [2.45, 2.75) is 91.7 Å². The Bertz CT molecular complexity index is 1360. The number of hydrogen-bond acceptors (Lipinski definition) is 8. The standard InChI is InChI=1S/C32H48N5O5P/c1-26(22-37-24-36-29-30(33)34-23-35-31(29)37)41-25-43(38,39)42-21-20-40-19-11-9-7-5-6-8-10-12-27-13-15-28(16-14-27)17-18-32(2,3)4/h13-16,23-24,26H,5-12,19-22,25H2,1-4H3,(H,38,39)(H2,33,34,35)/t26-/m1/s1. The van der Waals surface area contributed by atoms with Gasteiger partial charge in [0.2, 0.25) is 0 Å². The minimum Gasteiger partial charge on any atom is -0.382 e. The molecule has 10 nitrogen and oxygen atoms in total. The SMILES string of the molecule is C[C@H](Cn1cnc2c(N)ncnc21)OCP(=O)(O)OCCOCCCCCCCCCc1ccc(C#CC(C)(C)C)cc1. The maximum atomic E-state index is 12.3. The highest BCUT2D eigenvalue weighted by molar-refractivity contribution is 7.52. The number of nitrogen functional groups attached to an aromatic ring is 1. The van der Waals surface area contributed by atoms with Crippen LogP contribution in [-0.4, -0.2) is 56.7 Å². The van der Waals surface area contributed by atoms with E-state index in [2.05, 4.69) is 71.8 Å². The molecule has 0 saturated carbocycles. The van der Waals surface area contributed by atoms with E-state index in [-0.39, 0.29) is 24.7 Å². The van der Waals surface area contributed by atoms with E-state index in [4.69, 9.17) is 19.7 Å². The second-order valence-corrected chi connectivity index (χ2v) is 13.7. The van der Waals surface area contributed by atoms with Crippen LogP contribution in [0.2, 0.25) is 0 Å². The Kier molecular flexibility index (Phi) is 14.1. The number of aryl methyl sites for hydroxylation is 1. The first kappa shape index (κ1) is 34.7. The molecule has 2 heterocycles. The van der Waals surface area contributed by atoms with Crippen molar-refractivity contribution in [2.75, 3.05) is 31.9 Å². The van der Waals surface area contributed by atoms with Crippen molar-refractivity contribution in [3.8, 4) is 11.8 Å². The van der Waals surface area contributed by atoms with Gasteiger partial charge in [-0.1, -0.05) is 56.1 Å². The zero-order valence-corrected chi connectivity index (χ0v) is 27.0. The number of hydrogen-bond donors (Lipinski definition) is 2. The molecule has 1 unspecified atom stereocenters. The highest BCUT2D eigenvalue weighted by Crippen LogP contribution is 2.41. The molecule has 0 aliphatic rings. The molecule has 1 aromatic carbocycles. The summed E-state index contributed by atoms with van der Waals surface area (Å²) < 4.78 is 30.3. The number of unbranched alkanes of at least 4 members (excludes halogenated alkanes) is 6. The first-order chi connectivity index (χ1) is 20.5. The van der Waals surface area contributed by atoms with Crippen molar-refractivity contribution in [1.82, 2.24) is 19.5 Å². The number of rotatable bonds is 19. The lowest BCUT2D eigenvalue weighted by molar-refractivity contribution is 0.0610. The third-order valence-corrected chi connectivity index (χ3v) is 7.78. The number of anilines is 1. The van der Waals surface area contributed by atoms with Gasteiger partial charge >= 0.3 is 7.60 Å². The normalized spacial score (nSPS) is 13.9. The Balaban J connectivity index is 1.14. The molecule has 11 heteroatoms. The lowest BCUT2D eigenvalue weighted by Gasteiger charge is -2.17. The minimum absolute atomic E-state index is 0.0256. The molecule has 0 amide bonds. The molecule has 0 radical (unpaired) electrons. The summed E-state index contributed by atoms with van der Waals surface area (Å²) in [5.74, 6) is 6.83. The zero-order valence-electron chi connectivity index (χ0n) is 26.1. The van der Waals surface area contributed by atoms with Crippen molar-refractivity contribution < 1.29 is 23.5 Å². The van der Waals surface area contributed by atoms with E-state index in [1.54, 1.807) is 17.8 Å². The number of imidazole rings is 1. The van der Waals surface area contributed by atoms with E-state index in [9.17, 15) is 9.46 Å². The van der Waals surface area contributed by atoms with Crippen LogP contribution >= 0.6 is 7.60 Å². The van der Waals surface area contributed by atoms with Crippen molar-refractivity contribution in [2.24, 2.45) is 5.41 Å². The summed E-state index contributed by atoms with van der Waals surface area (Å²) in [6.07, 6.45) is 11.5. The number of ether oxygens (including phenoxy) is 2. The molecule has 2 atom stereocenters. The van der Waals surface area contributed by atoms with E-state index in [1.165, 1.54) is 44.0 Å². The average molecular weight is 614 g/mol. The third kappa shape index (κ3) is 13.6. The lowest BCUT2D eigenvalue weighted by Crippen LogP contribution is -2.18. The smallest absolute Gasteiger partial charge is 0.353 e. The Hall–Kier alpha value is -2.80. The van der Waals surface area contributed by atoms with Gasteiger partial charge in [-0.25, -0.2) is 15.0 Å². The summed E-state index contributed by atoms with van der Waals surface area (Å²) in [7, 11) is -3.88. The number of nitrogens with two attached hydrogens (primary N) is 1. The van der Waals surface area contributed by atoms with Crippen LogP contribution in [0.1, 0.15) is 83.8 Å². The maximum Gasteiger partial charge on any atom is 0.353 e. The summed E-state index contributed by atoms with van der Waals surface area (Å²) in [6.45, 7) is 9.49. The van der Waals surface area contributed by atoms with Crippen LogP contribution in [0.15, 0.2) is 36.9 Å². The van der Waals surface area contributed by atoms with Crippen molar-refractivity contribution >= 4 is 24.6 Å². The highest BCUT2D eigenvalue weighted by atomic mass is 31.2. The summed E-state index contributed by atoms with van der Waals surface area (Å²) in [5.41, 5.74) is 9.39. The number of nitrogens with zero attached hydrogens (tertiary/aromatic N) is 4. The van der Waals surface area contributed by atoms with Crippen molar-refractivity contribution in [3.63, 3.8) is 0 Å². The Labute approximate surface area is 256 Å². The fourth-order valence-electron chi connectivity index (χ4n) is 4.39. The topological polar surface area (TPSA) is 135 Å². The maximum absolute atomic E-state index is 12.3. The average Bonchev–Trinajstić information content (AvgIpc) is 3.37. The number of benzene rings is 1. The monoisotopic (exact) mass is 613 g/mol. The van der Waals surface area contributed by atoms with Gasteiger partial charge in [0.1, 0.15) is 18.2 Å². The van der Waals surface area contributed by atoms with Crippen LogP contribution in [0.4, 0.5) is 5.82 Å². The first-order valence-corrected chi connectivity index (χ1v) is 17.0. The minimum atomic E-state index is -3.88. The second kappa shape index (κ2) is 17.5. The molecule has 0 aliphatic carbocycles. The number of fused-ring (bicyclic) bond motifs is 1. The van der Waals surface area contributed by atoms with Gasteiger partial charge in [0.15, 0.2) is 11.5 Å². The fraction of sp³-hybridized carbons (Fsp3) is 0.594. The summed E-state index contributed by atoms with van der Waals surface area (Å²) >= 11 is 0. The van der Waals surface area contributed by atoms with Gasteiger partial charge in [-0.15, -0.1) is 0 Å². The molecule has 0 aliphatic heterocycles. The van der Waals surface area contributed by atoms with Gasteiger partial charge in [0.05, 0.1) is 32.2 Å². The van der Waals surface area contributed by atoms with Crippen LogP contribution in [0.5, 0.6) is 0 Å². The Morgan fingerprint density at radius 3 is 2.40 bits per heavy atom. The van der Waals surface area contributed by atoms with Crippen LogP contribution in [-0.2, 0) is 31.5 Å². The summed E-state index contributed by atoms with van der Waals surface area (Å²) in [6, 6.07) is 8.65. The Morgan fingerprint density at radius 2 is 1.67 bits per heavy atom. The van der Waals surface area contributed by atoms with Crippen LogP contribution < -0.4 is 5.73 Å². The molecule has 236 valence electrons. The summed E-state index contributed by atoms with van der Waals surface area (Å²) in [5, 5.41) is 0. The van der Waals surface area contributed by atoms with E-state index < -0.39 is 13.9 Å². The molecular formula is C32H48N5O5P. The quantitative estimate of drug-likeness (QED) is 0.0899. The first-order valence-electron chi connectivity index (χ1n) is 15.2. The molecule has 3 rings (SSSR count). The zero-order chi connectivity index (χ0) is 31.1. The third-order valence-electron chi connectivity index (χ3n) is 6.72. The van der Waals surface area contributed by atoms with E-state index in [1.807, 2.05) is 0 Å². The molecule has 0 bridgehead atoms. The largest absolute Gasteiger partial charge is 0.382 e. The van der Waals surface area contributed by atoms with Crippen LogP contribution in [0.3, 0.4) is 0 Å². The van der Waals surface area contributed by atoms with Gasteiger partial charge in [0.25, 0.3) is 0 Å². The van der Waals surface area contributed by atoms with Gasteiger partial charge < -0.3 is 29.2 Å². The Morgan fingerprint density at radius 1 is 0.977 bits per heavy atom. The van der Waals surface area contributed by atoms with E-state index in [0.717, 1.165) is 24.8 Å². The molecule has 0 saturated heterocycles. The highest BCUT2D eigenvalue weighted by Gasteiger charge is 2.21. The molecule has 3 N–H and O–H groups in total. The van der Waals surface area contributed by atoms with Gasteiger partial charge in [-0.05, 0) is 64.7 Å². The predicted molar refractivity (Wildman–Crippen MR) is 171 cm³/mol. The van der Waals surface area contributed by atoms with Crippen LogP contribution in [0.25, 0.3) is 11.2 Å². The van der Waals surface area contributed by atoms with E-state index in [0.29, 0.717) is 30.1 Å². The molecule has 0 spiro atoms. The van der Waals surface area contributed by atoms with Crippen molar-refractivity contribution in [3.05, 3.63) is 48.0 Å². The van der Waals surface area contributed by atoms with Crippen molar-refractivity contribution in [1.29, 1.82) is 0 Å². The van der Waals surface area contributed by atoms with Crippen LogP contribution in [0, 0.1) is 17.3 Å². The fourth-order valence-corrected chi connectivity index (χ4v) is 5.27. The molecule has 0 fully saturated rings. The molecule has 43 heavy (non-hydrogen) atoms. The van der Waals surface area contributed by atoms with Gasteiger partial charge in [-0.2, -0.15) is 0 Å². The lowest BCUT2D eigenvalue weighted by atomic mass is 9.97. The number of aromatic nitrogens is 4. The second-order valence-electron chi connectivity index (χ2n) is 11.9. The molecular weight excluding hydrogens is 565 g/mol. The van der Waals surface area contributed by atoms with Gasteiger partial charge in [0, 0.05) is 17.6 Å². The summed E-state index contributed by atoms with van der Waals surface area (Å²) in [4.78, 5) is 22.4.